The number of anilines is 1. The molecule has 6 nitrogen and oxygen atoms in total. The highest BCUT2D eigenvalue weighted by Gasteiger charge is 2.15. The van der Waals surface area contributed by atoms with Gasteiger partial charge in [0.05, 0.1) is 16.7 Å². The Labute approximate surface area is 136 Å². The van der Waals surface area contributed by atoms with E-state index >= 15 is 0 Å². The molecule has 0 aliphatic heterocycles. The van der Waals surface area contributed by atoms with Crippen LogP contribution in [0.5, 0.6) is 0 Å². The van der Waals surface area contributed by atoms with Gasteiger partial charge < -0.3 is 4.98 Å². The van der Waals surface area contributed by atoms with Gasteiger partial charge >= 0.3 is 0 Å². The molecule has 0 aliphatic rings. The minimum Gasteiger partial charge on any atom is -0.319 e. The molecule has 0 saturated heterocycles. The second-order valence-corrected chi connectivity index (χ2v) is 6.09. The Morgan fingerprint density at radius 1 is 1.30 bits per heavy atom. The zero-order chi connectivity index (χ0) is 16.4. The maximum Gasteiger partial charge on any atom is 0.270 e. The van der Waals surface area contributed by atoms with Crippen LogP contribution in [0.4, 0.5) is 5.13 Å². The Bertz CT molecular complexity index is 916. The molecule has 0 unspecified atom stereocenters. The fraction of sp³-hybridized carbons (Fsp3) is 0.250. The molecule has 0 bridgehead atoms. The molecule has 0 radical (unpaired) electrons. The van der Waals surface area contributed by atoms with Crippen LogP contribution in [0.2, 0.25) is 0 Å². The average Bonchev–Trinajstić information content (AvgIpc) is 2.98. The van der Waals surface area contributed by atoms with Crippen molar-refractivity contribution in [2.24, 2.45) is 0 Å². The lowest BCUT2D eigenvalue weighted by Gasteiger charge is -2.13. The van der Waals surface area contributed by atoms with Crippen LogP contribution in [0.25, 0.3) is 11.0 Å². The summed E-state index contributed by atoms with van der Waals surface area (Å²) >= 11 is 1.42. The highest BCUT2D eigenvalue weighted by molar-refractivity contribution is 7.14. The number of nitrogens with one attached hydrogen (secondary N) is 1. The number of aromatic nitrogens is 3. The van der Waals surface area contributed by atoms with Crippen LogP contribution < -0.4 is 10.5 Å². The molecule has 2 aromatic heterocycles. The number of H-pyrrole nitrogens is 1. The first-order chi connectivity index (χ1) is 11.0. The van der Waals surface area contributed by atoms with Gasteiger partial charge in [0.2, 0.25) is 5.91 Å². The molecule has 23 heavy (non-hydrogen) atoms. The average molecular weight is 328 g/mol. The van der Waals surface area contributed by atoms with Gasteiger partial charge in [0.15, 0.2) is 5.13 Å². The Morgan fingerprint density at radius 3 is 2.83 bits per heavy atom. The van der Waals surface area contributed by atoms with E-state index < -0.39 is 0 Å². The summed E-state index contributed by atoms with van der Waals surface area (Å²) in [4.78, 5) is 37.2. The number of hydrogen-bond acceptors (Lipinski definition) is 5. The minimum absolute atomic E-state index is 0.0892. The third kappa shape index (κ3) is 3.29. The molecule has 3 rings (SSSR count). The summed E-state index contributed by atoms with van der Waals surface area (Å²) in [5.41, 5.74) is 2.43. The third-order valence-corrected chi connectivity index (χ3v) is 4.55. The van der Waals surface area contributed by atoms with Crippen LogP contribution in [-0.2, 0) is 11.2 Å². The van der Waals surface area contributed by atoms with Crippen molar-refractivity contribution in [3.05, 3.63) is 51.4 Å². The standard InChI is InChI=1S/C16H16N4O2S/c1-10-9-23-16(17-10)20(2)14(21)8-7-13-15(22)19-12-6-4-3-5-11(12)18-13/h3-6,9H,7-8H2,1-2H3,(H,19,22). The number of carbonyl (C=O) groups excluding carboxylic acids is 1. The van der Waals surface area contributed by atoms with Gasteiger partial charge in [0.1, 0.15) is 5.69 Å². The first-order valence-corrected chi connectivity index (χ1v) is 8.09. The van der Waals surface area contributed by atoms with Gasteiger partial charge in [-0.3, -0.25) is 14.5 Å². The number of aromatic amines is 1. The number of amides is 1. The van der Waals surface area contributed by atoms with Crippen molar-refractivity contribution in [2.45, 2.75) is 19.8 Å². The predicted octanol–water partition coefficient (Wildman–Crippen LogP) is 2.28. The third-order valence-electron chi connectivity index (χ3n) is 3.51. The quantitative estimate of drug-likeness (QED) is 0.797. The van der Waals surface area contributed by atoms with Crippen LogP contribution in [0.3, 0.4) is 0 Å². The highest BCUT2D eigenvalue weighted by atomic mass is 32.1. The van der Waals surface area contributed by atoms with Crippen LogP contribution in [-0.4, -0.2) is 27.9 Å². The van der Waals surface area contributed by atoms with E-state index in [2.05, 4.69) is 15.0 Å². The SMILES string of the molecule is Cc1csc(N(C)C(=O)CCc2nc3ccccc3[nH]c2=O)n1. The Hall–Kier alpha value is -2.54. The summed E-state index contributed by atoms with van der Waals surface area (Å²) in [6.45, 7) is 1.89. The molecule has 0 spiro atoms. The van der Waals surface area contributed by atoms with Crippen molar-refractivity contribution in [3.8, 4) is 0 Å². The second-order valence-electron chi connectivity index (χ2n) is 5.25. The van der Waals surface area contributed by atoms with Gasteiger partial charge in [-0.25, -0.2) is 9.97 Å². The molecule has 0 fully saturated rings. The number of hydrogen-bond donors (Lipinski definition) is 1. The molecule has 1 aromatic carbocycles. The van der Waals surface area contributed by atoms with Crippen molar-refractivity contribution < 1.29 is 4.79 Å². The van der Waals surface area contributed by atoms with E-state index in [1.165, 1.54) is 16.2 Å². The summed E-state index contributed by atoms with van der Waals surface area (Å²) in [6.07, 6.45) is 0.511. The monoisotopic (exact) mass is 328 g/mol. The molecule has 0 saturated carbocycles. The molecular formula is C16H16N4O2S. The summed E-state index contributed by atoms with van der Waals surface area (Å²) < 4.78 is 0. The van der Waals surface area contributed by atoms with Crippen molar-refractivity contribution in [1.82, 2.24) is 15.0 Å². The topological polar surface area (TPSA) is 79.0 Å². The largest absolute Gasteiger partial charge is 0.319 e. The van der Waals surface area contributed by atoms with Crippen molar-refractivity contribution in [1.29, 1.82) is 0 Å². The van der Waals surface area contributed by atoms with E-state index in [9.17, 15) is 9.59 Å². The number of para-hydroxylation sites is 2. The molecule has 1 N–H and O–H groups in total. The van der Waals surface area contributed by atoms with Gasteiger partial charge in [-0.1, -0.05) is 12.1 Å². The summed E-state index contributed by atoms with van der Waals surface area (Å²) in [7, 11) is 1.69. The Balaban J connectivity index is 1.74. The maximum atomic E-state index is 12.3. The molecule has 118 valence electrons. The van der Waals surface area contributed by atoms with E-state index in [1.54, 1.807) is 13.1 Å². The number of aryl methyl sites for hydroxylation is 2. The Kier molecular flexibility index (Phi) is 4.20. The van der Waals surface area contributed by atoms with Crippen LogP contribution in [0.1, 0.15) is 17.8 Å². The van der Waals surface area contributed by atoms with Gasteiger partial charge in [-0.15, -0.1) is 11.3 Å². The van der Waals surface area contributed by atoms with Gasteiger partial charge in [-0.2, -0.15) is 0 Å². The molecular weight excluding hydrogens is 312 g/mol. The maximum absolute atomic E-state index is 12.3. The zero-order valence-electron chi connectivity index (χ0n) is 12.9. The fourth-order valence-electron chi connectivity index (χ4n) is 2.23. The van der Waals surface area contributed by atoms with Crippen molar-refractivity contribution in [3.63, 3.8) is 0 Å². The summed E-state index contributed by atoms with van der Waals surface area (Å²) in [5.74, 6) is -0.0892. The van der Waals surface area contributed by atoms with E-state index in [-0.39, 0.29) is 17.9 Å². The number of rotatable bonds is 4. The Morgan fingerprint density at radius 2 is 2.09 bits per heavy atom. The van der Waals surface area contributed by atoms with Crippen molar-refractivity contribution in [2.75, 3.05) is 11.9 Å². The summed E-state index contributed by atoms with van der Waals surface area (Å²) in [6, 6.07) is 7.34. The lowest BCUT2D eigenvalue weighted by molar-refractivity contribution is -0.118. The number of thiazole rings is 1. The predicted molar refractivity (Wildman–Crippen MR) is 90.9 cm³/mol. The molecule has 0 aliphatic carbocycles. The van der Waals surface area contributed by atoms with E-state index in [1.807, 2.05) is 30.5 Å². The minimum atomic E-state index is -0.246. The van der Waals surface area contributed by atoms with E-state index in [0.29, 0.717) is 22.8 Å². The van der Waals surface area contributed by atoms with Gasteiger partial charge in [-0.05, 0) is 19.1 Å². The summed E-state index contributed by atoms with van der Waals surface area (Å²) in [5, 5.41) is 2.56. The van der Waals surface area contributed by atoms with Crippen LogP contribution in [0.15, 0.2) is 34.4 Å². The van der Waals surface area contributed by atoms with Crippen LogP contribution in [0, 0.1) is 6.92 Å². The molecule has 7 heteroatoms. The van der Waals surface area contributed by atoms with E-state index in [4.69, 9.17) is 0 Å². The number of carbonyl (C=O) groups is 1. The molecule has 1 amide bonds. The van der Waals surface area contributed by atoms with Crippen LogP contribution >= 0.6 is 11.3 Å². The number of nitrogens with zero attached hydrogens (tertiary/aromatic N) is 3. The van der Waals surface area contributed by atoms with Gasteiger partial charge in [0, 0.05) is 25.3 Å². The van der Waals surface area contributed by atoms with E-state index in [0.717, 1.165) is 11.2 Å². The number of fused-ring (bicyclic) bond motifs is 1. The highest BCUT2D eigenvalue weighted by Crippen LogP contribution is 2.19. The first kappa shape index (κ1) is 15.4. The number of benzene rings is 1. The zero-order valence-corrected chi connectivity index (χ0v) is 13.7. The van der Waals surface area contributed by atoms with Gasteiger partial charge in [0.25, 0.3) is 5.56 Å². The molecule has 3 aromatic rings. The smallest absolute Gasteiger partial charge is 0.270 e. The molecule has 0 atom stereocenters. The lowest BCUT2D eigenvalue weighted by atomic mass is 10.2. The van der Waals surface area contributed by atoms with Crippen molar-refractivity contribution >= 4 is 33.4 Å². The normalized spacial score (nSPS) is 10.9. The second kappa shape index (κ2) is 6.29. The lowest BCUT2D eigenvalue weighted by Crippen LogP contribution is -2.27. The first-order valence-electron chi connectivity index (χ1n) is 7.21. The fourth-order valence-corrected chi connectivity index (χ4v) is 3.02. The molecule has 2 heterocycles.